The number of carbonyl (C=O) groups is 3. The summed E-state index contributed by atoms with van der Waals surface area (Å²) in [6.07, 6.45) is -0.560. The topological polar surface area (TPSA) is 134 Å². The number of benzene rings is 1. The molecule has 0 amide bonds. The minimum Gasteiger partial charge on any atom is -0.504 e. The Morgan fingerprint density at radius 3 is 2.46 bits per heavy atom. The van der Waals surface area contributed by atoms with E-state index >= 15 is 0 Å². The van der Waals surface area contributed by atoms with E-state index in [2.05, 4.69) is 4.74 Å². The molecule has 1 aliphatic rings. The second-order valence-electron chi connectivity index (χ2n) is 5.55. The van der Waals surface area contributed by atoms with Crippen molar-refractivity contribution in [1.29, 1.82) is 0 Å². The molecular weight excluding hydrogens is 344 g/mol. The molecule has 1 aliphatic carbocycles. The number of aliphatic hydroxyl groups is 3. The monoisotopic (exact) mass is 358 g/mol. The minimum atomic E-state index is -1.24. The van der Waals surface area contributed by atoms with E-state index < -0.39 is 42.6 Å². The van der Waals surface area contributed by atoms with Gasteiger partial charge in [0.2, 0.25) is 5.78 Å². The van der Waals surface area contributed by atoms with Crippen molar-refractivity contribution in [2.24, 2.45) is 0 Å². The van der Waals surface area contributed by atoms with Crippen LogP contribution >= 0.6 is 0 Å². The highest BCUT2D eigenvalue weighted by atomic mass is 16.5. The number of fused-ring (bicyclic) bond motifs is 2. The fraction of sp³-hybridized carbons (Fsp3) is 0.167. The first kappa shape index (κ1) is 17.6. The molecule has 0 radical (unpaired) electrons. The molecule has 26 heavy (non-hydrogen) atoms. The Kier molecular flexibility index (Phi) is 4.70. The van der Waals surface area contributed by atoms with Crippen molar-refractivity contribution in [1.82, 2.24) is 0 Å². The molecule has 3 N–H and O–H groups in total. The van der Waals surface area contributed by atoms with Crippen LogP contribution in [-0.2, 0) is 9.53 Å². The lowest BCUT2D eigenvalue weighted by atomic mass is 9.88. The molecule has 1 aromatic heterocycles. The van der Waals surface area contributed by atoms with Crippen LogP contribution in [0.15, 0.2) is 40.8 Å². The number of aliphatic hydroxyl groups excluding tert-OH is 3. The third-order valence-corrected chi connectivity index (χ3v) is 3.73. The molecule has 1 atom stereocenters. The van der Waals surface area contributed by atoms with Crippen LogP contribution in [0, 0.1) is 0 Å². The molecule has 0 fully saturated rings. The van der Waals surface area contributed by atoms with E-state index in [1.807, 2.05) is 0 Å². The zero-order valence-corrected chi connectivity index (χ0v) is 13.3. The van der Waals surface area contributed by atoms with Gasteiger partial charge in [-0.15, -0.1) is 0 Å². The first-order chi connectivity index (χ1) is 12.4. The van der Waals surface area contributed by atoms with E-state index in [-0.39, 0.29) is 28.2 Å². The molecule has 1 heterocycles. The average Bonchev–Trinajstić information content (AvgIpc) is 3.10. The van der Waals surface area contributed by atoms with Gasteiger partial charge >= 0.3 is 5.97 Å². The predicted molar refractivity (Wildman–Crippen MR) is 86.7 cm³/mol. The highest BCUT2D eigenvalue weighted by Gasteiger charge is 2.34. The van der Waals surface area contributed by atoms with Crippen molar-refractivity contribution >= 4 is 23.3 Å². The maximum Gasteiger partial charge on any atom is 0.334 e. The fourth-order valence-electron chi connectivity index (χ4n) is 2.46. The normalized spacial score (nSPS) is 14.6. The van der Waals surface area contributed by atoms with Crippen LogP contribution in [0.25, 0.3) is 5.76 Å². The number of carbonyl (C=O) groups excluding carboxylic acids is 3. The van der Waals surface area contributed by atoms with Crippen LogP contribution in [0.5, 0.6) is 0 Å². The SMILES string of the molecule is O=C(/C=C(\O)c1cc2c(o1)C(=O)c1ccccc1C2=O)OCC(O)CO. The molecule has 0 saturated heterocycles. The van der Waals surface area contributed by atoms with Gasteiger partial charge in [-0.25, -0.2) is 4.79 Å². The van der Waals surface area contributed by atoms with Crippen LogP contribution in [-0.4, -0.2) is 52.2 Å². The molecule has 0 saturated carbocycles. The number of ether oxygens (including phenoxy) is 1. The smallest absolute Gasteiger partial charge is 0.334 e. The number of rotatable bonds is 5. The summed E-state index contributed by atoms with van der Waals surface area (Å²) in [5.41, 5.74) is 0.428. The van der Waals surface area contributed by atoms with Crippen molar-refractivity contribution in [2.45, 2.75) is 6.10 Å². The van der Waals surface area contributed by atoms with Gasteiger partial charge in [0.1, 0.15) is 12.7 Å². The highest BCUT2D eigenvalue weighted by molar-refractivity contribution is 6.27. The van der Waals surface area contributed by atoms with Gasteiger partial charge in [0, 0.05) is 11.1 Å². The quantitative estimate of drug-likeness (QED) is 0.347. The lowest BCUT2D eigenvalue weighted by molar-refractivity contribution is -0.141. The summed E-state index contributed by atoms with van der Waals surface area (Å²) in [4.78, 5) is 36.5. The van der Waals surface area contributed by atoms with Gasteiger partial charge in [-0.05, 0) is 6.07 Å². The lowest BCUT2D eigenvalue weighted by Crippen LogP contribution is -2.21. The van der Waals surface area contributed by atoms with Crippen molar-refractivity contribution in [3.8, 4) is 0 Å². The Hall–Kier alpha value is -3.23. The van der Waals surface area contributed by atoms with E-state index in [9.17, 15) is 19.5 Å². The van der Waals surface area contributed by atoms with Crippen LogP contribution < -0.4 is 0 Å². The van der Waals surface area contributed by atoms with Gasteiger partial charge in [0.05, 0.1) is 18.2 Å². The average molecular weight is 358 g/mol. The summed E-state index contributed by atoms with van der Waals surface area (Å²) in [7, 11) is 0. The van der Waals surface area contributed by atoms with Crippen LogP contribution in [0.3, 0.4) is 0 Å². The fourth-order valence-corrected chi connectivity index (χ4v) is 2.46. The molecule has 1 aromatic carbocycles. The largest absolute Gasteiger partial charge is 0.504 e. The van der Waals surface area contributed by atoms with Gasteiger partial charge in [0.15, 0.2) is 23.1 Å². The number of hydrogen-bond acceptors (Lipinski definition) is 8. The molecule has 8 nitrogen and oxygen atoms in total. The van der Waals surface area contributed by atoms with E-state index in [1.165, 1.54) is 18.2 Å². The maximum atomic E-state index is 12.5. The standard InChI is InChI=1S/C18H14O8/c19-7-9(20)8-25-15(22)6-13(21)14-5-12-16(23)10-3-1-2-4-11(10)17(24)18(12)26-14/h1-6,9,19-21H,7-8H2/b13-6-. The zero-order valence-electron chi connectivity index (χ0n) is 13.3. The highest BCUT2D eigenvalue weighted by Crippen LogP contribution is 2.31. The van der Waals surface area contributed by atoms with Gasteiger partial charge in [0.25, 0.3) is 0 Å². The molecule has 134 valence electrons. The number of esters is 1. The predicted octanol–water partition coefficient (Wildman–Crippen LogP) is 0.850. The van der Waals surface area contributed by atoms with Crippen molar-refractivity contribution in [3.63, 3.8) is 0 Å². The Morgan fingerprint density at radius 1 is 1.15 bits per heavy atom. The summed E-state index contributed by atoms with van der Waals surface area (Å²) in [5, 5.41) is 27.7. The van der Waals surface area contributed by atoms with Gasteiger partial charge in [-0.2, -0.15) is 0 Å². The van der Waals surface area contributed by atoms with Gasteiger partial charge < -0.3 is 24.5 Å². The second kappa shape index (κ2) is 6.95. The molecular formula is C18H14O8. The van der Waals surface area contributed by atoms with E-state index in [0.29, 0.717) is 6.08 Å². The van der Waals surface area contributed by atoms with E-state index in [4.69, 9.17) is 14.6 Å². The van der Waals surface area contributed by atoms with Crippen molar-refractivity contribution in [3.05, 3.63) is 64.6 Å². The van der Waals surface area contributed by atoms with Crippen LogP contribution in [0.2, 0.25) is 0 Å². The molecule has 8 heteroatoms. The number of hydrogen-bond donors (Lipinski definition) is 3. The van der Waals surface area contributed by atoms with Crippen molar-refractivity contribution < 1.29 is 38.9 Å². The molecule has 3 rings (SSSR count). The first-order valence-corrected chi connectivity index (χ1v) is 7.61. The first-order valence-electron chi connectivity index (χ1n) is 7.61. The third kappa shape index (κ3) is 3.15. The van der Waals surface area contributed by atoms with Gasteiger partial charge in [-0.3, -0.25) is 9.59 Å². The van der Waals surface area contributed by atoms with E-state index in [1.54, 1.807) is 12.1 Å². The van der Waals surface area contributed by atoms with Gasteiger partial charge in [-0.1, -0.05) is 24.3 Å². The summed E-state index contributed by atoms with van der Waals surface area (Å²) in [5.74, 6) is -3.02. The molecule has 2 aromatic rings. The lowest BCUT2D eigenvalue weighted by Gasteiger charge is -2.11. The summed E-state index contributed by atoms with van der Waals surface area (Å²) < 4.78 is 9.89. The molecule has 1 unspecified atom stereocenters. The van der Waals surface area contributed by atoms with E-state index in [0.717, 1.165) is 0 Å². The number of ketones is 2. The third-order valence-electron chi connectivity index (χ3n) is 3.73. The van der Waals surface area contributed by atoms with Crippen LogP contribution in [0.4, 0.5) is 0 Å². The second-order valence-corrected chi connectivity index (χ2v) is 5.55. The minimum absolute atomic E-state index is 0.00674. The van der Waals surface area contributed by atoms with Crippen molar-refractivity contribution in [2.75, 3.05) is 13.2 Å². The number of furan rings is 1. The molecule has 0 bridgehead atoms. The Labute approximate surface area is 146 Å². The zero-order chi connectivity index (χ0) is 18.8. The summed E-state index contributed by atoms with van der Waals surface area (Å²) >= 11 is 0. The molecule has 0 aliphatic heterocycles. The Balaban J connectivity index is 1.86. The Morgan fingerprint density at radius 2 is 1.81 bits per heavy atom. The van der Waals surface area contributed by atoms with Crippen LogP contribution in [0.1, 0.15) is 37.8 Å². The summed E-state index contributed by atoms with van der Waals surface area (Å²) in [6, 6.07) is 7.44. The summed E-state index contributed by atoms with van der Waals surface area (Å²) in [6.45, 7) is -1.04. The molecule has 0 spiro atoms. The maximum absolute atomic E-state index is 12.5. The Bertz CT molecular complexity index is 869.